The molecule has 0 aliphatic carbocycles. The molecule has 104 valence electrons. The van der Waals surface area contributed by atoms with E-state index < -0.39 is 5.54 Å². The fraction of sp³-hybridized carbons (Fsp3) is 0.562. The van der Waals surface area contributed by atoms with Crippen LogP contribution in [0.1, 0.15) is 51.1 Å². The number of nitrogens with zero attached hydrogens (tertiary/aromatic N) is 1. The standard InChI is InChI=1S/C16H24N2O/c1-3-16(17,4-2)15(19)18-12-8-11-14(18)13-9-6-5-7-10-13/h5-7,9-10,14H,3-4,8,11-12,17H2,1-2H3. The topological polar surface area (TPSA) is 46.3 Å². The van der Waals surface area contributed by atoms with Gasteiger partial charge in [-0.25, -0.2) is 0 Å². The van der Waals surface area contributed by atoms with Gasteiger partial charge in [-0.1, -0.05) is 44.2 Å². The van der Waals surface area contributed by atoms with Gasteiger partial charge < -0.3 is 10.6 Å². The average molecular weight is 260 g/mol. The summed E-state index contributed by atoms with van der Waals surface area (Å²) in [6.45, 7) is 4.82. The van der Waals surface area contributed by atoms with Crippen LogP contribution in [0.5, 0.6) is 0 Å². The molecule has 19 heavy (non-hydrogen) atoms. The summed E-state index contributed by atoms with van der Waals surface area (Å²) in [7, 11) is 0. The second kappa shape index (κ2) is 5.74. The Bertz CT molecular complexity index is 426. The van der Waals surface area contributed by atoms with Gasteiger partial charge in [-0.15, -0.1) is 0 Å². The molecule has 1 fully saturated rings. The molecule has 1 atom stereocenters. The number of amides is 1. The van der Waals surface area contributed by atoms with Gasteiger partial charge in [0.25, 0.3) is 0 Å². The molecule has 2 N–H and O–H groups in total. The zero-order chi connectivity index (χ0) is 13.9. The van der Waals surface area contributed by atoms with Crippen molar-refractivity contribution in [1.82, 2.24) is 4.90 Å². The summed E-state index contributed by atoms with van der Waals surface area (Å²) in [5.74, 6) is 0.115. The van der Waals surface area contributed by atoms with E-state index in [4.69, 9.17) is 5.73 Å². The predicted molar refractivity (Wildman–Crippen MR) is 77.6 cm³/mol. The Hall–Kier alpha value is -1.35. The first-order valence-corrected chi connectivity index (χ1v) is 7.27. The van der Waals surface area contributed by atoms with Crippen LogP contribution in [0, 0.1) is 0 Å². The zero-order valence-corrected chi connectivity index (χ0v) is 11.9. The summed E-state index contributed by atoms with van der Waals surface area (Å²) in [6, 6.07) is 10.5. The first kappa shape index (κ1) is 14.1. The van der Waals surface area contributed by atoms with Crippen molar-refractivity contribution < 1.29 is 4.79 Å². The monoisotopic (exact) mass is 260 g/mol. The maximum absolute atomic E-state index is 12.7. The van der Waals surface area contributed by atoms with Crippen molar-refractivity contribution in [2.24, 2.45) is 5.73 Å². The van der Waals surface area contributed by atoms with E-state index in [1.165, 1.54) is 5.56 Å². The van der Waals surface area contributed by atoms with E-state index in [0.717, 1.165) is 19.4 Å². The SMILES string of the molecule is CCC(N)(CC)C(=O)N1CCCC1c1ccccc1. The fourth-order valence-corrected chi connectivity index (χ4v) is 2.87. The smallest absolute Gasteiger partial charge is 0.243 e. The van der Waals surface area contributed by atoms with Crippen molar-refractivity contribution in [3.63, 3.8) is 0 Å². The van der Waals surface area contributed by atoms with Gasteiger partial charge >= 0.3 is 0 Å². The molecule has 0 saturated carbocycles. The van der Waals surface area contributed by atoms with Crippen LogP contribution in [0.2, 0.25) is 0 Å². The second-order valence-corrected chi connectivity index (χ2v) is 5.43. The summed E-state index contributed by atoms with van der Waals surface area (Å²) in [4.78, 5) is 14.7. The van der Waals surface area contributed by atoms with Crippen LogP contribution >= 0.6 is 0 Å². The largest absolute Gasteiger partial charge is 0.334 e. The third-order valence-electron chi connectivity index (χ3n) is 4.39. The number of hydrogen-bond donors (Lipinski definition) is 1. The van der Waals surface area contributed by atoms with E-state index in [1.54, 1.807) is 0 Å². The Morgan fingerprint density at radius 2 is 1.95 bits per heavy atom. The first-order chi connectivity index (χ1) is 9.12. The number of hydrogen-bond acceptors (Lipinski definition) is 2. The highest BCUT2D eigenvalue weighted by molar-refractivity contribution is 5.86. The molecule has 1 unspecified atom stereocenters. The third kappa shape index (κ3) is 2.66. The maximum atomic E-state index is 12.7. The lowest BCUT2D eigenvalue weighted by atomic mass is 9.91. The highest BCUT2D eigenvalue weighted by atomic mass is 16.2. The van der Waals surface area contributed by atoms with E-state index in [0.29, 0.717) is 12.8 Å². The number of likely N-dealkylation sites (tertiary alicyclic amines) is 1. The molecule has 1 heterocycles. The Balaban J connectivity index is 2.22. The third-order valence-corrected chi connectivity index (χ3v) is 4.39. The fourth-order valence-electron chi connectivity index (χ4n) is 2.87. The van der Waals surface area contributed by atoms with E-state index in [-0.39, 0.29) is 11.9 Å². The first-order valence-electron chi connectivity index (χ1n) is 7.27. The molecular weight excluding hydrogens is 236 g/mol. The molecule has 0 bridgehead atoms. The van der Waals surface area contributed by atoms with Gasteiger partial charge in [0.05, 0.1) is 11.6 Å². The second-order valence-electron chi connectivity index (χ2n) is 5.43. The molecule has 1 aromatic carbocycles. The van der Waals surface area contributed by atoms with Gasteiger partial charge in [-0.3, -0.25) is 4.79 Å². The maximum Gasteiger partial charge on any atom is 0.243 e. The van der Waals surface area contributed by atoms with E-state index in [1.807, 2.05) is 36.9 Å². The molecule has 0 spiro atoms. The minimum Gasteiger partial charge on any atom is -0.334 e. The van der Waals surface area contributed by atoms with Crippen LogP contribution in [0.4, 0.5) is 0 Å². The quantitative estimate of drug-likeness (QED) is 0.904. The molecule has 3 nitrogen and oxygen atoms in total. The van der Waals surface area contributed by atoms with Crippen molar-refractivity contribution in [2.45, 2.75) is 51.1 Å². The summed E-state index contributed by atoms with van der Waals surface area (Å²) in [6.07, 6.45) is 3.49. The highest BCUT2D eigenvalue weighted by Gasteiger charge is 2.39. The molecule has 1 aliphatic rings. The Morgan fingerprint density at radius 1 is 1.32 bits per heavy atom. The molecule has 3 heteroatoms. The molecular formula is C16H24N2O. The molecule has 2 rings (SSSR count). The molecule has 1 amide bonds. The van der Waals surface area contributed by atoms with Gasteiger partial charge in [-0.05, 0) is 31.2 Å². The number of rotatable bonds is 4. The van der Waals surface area contributed by atoms with Crippen LogP contribution < -0.4 is 5.73 Å². The van der Waals surface area contributed by atoms with Gasteiger partial charge in [0.15, 0.2) is 0 Å². The van der Waals surface area contributed by atoms with Crippen molar-refractivity contribution in [3.8, 4) is 0 Å². The van der Waals surface area contributed by atoms with Gasteiger partial charge in [0, 0.05) is 6.54 Å². The number of nitrogens with two attached hydrogens (primary N) is 1. The van der Waals surface area contributed by atoms with Crippen molar-refractivity contribution in [1.29, 1.82) is 0 Å². The number of benzene rings is 1. The van der Waals surface area contributed by atoms with Crippen molar-refractivity contribution >= 4 is 5.91 Å². The van der Waals surface area contributed by atoms with Gasteiger partial charge in [-0.2, -0.15) is 0 Å². The summed E-state index contributed by atoms with van der Waals surface area (Å²) < 4.78 is 0. The summed E-state index contributed by atoms with van der Waals surface area (Å²) in [5.41, 5.74) is 6.80. The minimum atomic E-state index is -0.697. The molecule has 0 radical (unpaired) electrons. The number of carbonyl (C=O) groups is 1. The van der Waals surface area contributed by atoms with Crippen molar-refractivity contribution in [3.05, 3.63) is 35.9 Å². The Morgan fingerprint density at radius 3 is 2.53 bits per heavy atom. The van der Waals surface area contributed by atoms with Crippen LogP contribution in [0.25, 0.3) is 0 Å². The Labute approximate surface area is 115 Å². The average Bonchev–Trinajstić information content (AvgIpc) is 2.95. The Kier molecular flexibility index (Phi) is 4.25. The number of carbonyl (C=O) groups excluding carboxylic acids is 1. The normalized spacial score (nSPS) is 19.7. The highest BCUT2D eigenvalue weighted by Crippen LogP contribution is 2.34. The van der Waals surface area contributed by atoms with Gasteiger partial charge in [0.2, 0.25) is 5.91 Å². The van der Waals surface area contributed by atoms with Crippen LogP contribution in [0.3, 0.4) is 0 Å². The van der Waals surface area contributed by atoms with Crippen LogP contribution in [-0.4, -0.2) is 22.9 Å². The van der Waals surface area contributed by atoms with Gasteiger partial charge in [0.1, 0.15) is 0 Å². The zero-order valence-electron chi connectivity index (χ0n) is 11.9. The summed E-state index contributed by atoms with van der Waals surface area (Å²) in [5, 5.41) is 0. The summed E-state index contributed by atoms with van der Waals surface area (Å²) >= 11 is 0. The van der Waals surface area contributed by atoms with Crippen LogP contribution in [0.15, 0.2) is 30.3 Å². The lowest BCUT2D eigenvalue weighted by molar-refractivity contribution is -0.138. The lowest BCUT2D eigenvalue weighted by Gasteiger charge is -2.34. The van der Waals surface area contributed by atoms with E-state index in [9.17, 15) is 4.79 Å². The van der Waals surface area contributed by atoms with E-state index in [2.05, 4.69) is 12.1 Å². The van der Waals surface area contributed by atoms with Crippen molar-refractivity contribution in [2.75, 3.05) is 6.54 Å². The van der Waals surface area contributed by atoms with E-state index >= 15 is 0 Å². The molecule has 0 aromatic heterocycles. The molecule has 1 aliphatic heterocycles. The molecule has 1 saturated heterocycles. The lowest BCUT2D eigenvalue weighted by Crippen LogP contribution is -2.54. The van der Waals surface area contributed by atoms with Crippen LogP contribution in [-0.2, 0) is 4.79 Å². The predicted octanol–water partition coefficient (Wildman–Crippen LogP) is 2.87. The minimum absolute atomic E-state index is 0.115. The molecule has 1 aromatic rings.